The van der Waals surface area contributed by atoms with Gasteiger partial charge in [0.15, 0.2) is 0 Å². The van der Waals surface area contributed by atoms with Crippen LogP contribution in [0, 0.1) is 26.7 Å². The molecule has 0 N–H and O–H groups in total. The second-order valence-electron chi connectivity index (χ2n) is 9.15. The van der Waals surface area contributed by atoms with Crippen LogP contribution in [0.3, 0.4) is 0 Å². The lowest BCUT2D eigenvalue weighted by atomic mass is 10.1. The number of carbonyl (C=O) groups is 1. The monoisotopic (exact) mass is 447 g/mol. The van der Waals surface area contributed by atoms with E-state index in [4.69, 9.17) is 0 Å². The Kier molecular flexibility index (Phi) is 8.11. The van der Waals surface area contributed by atoms with Gasteiger partial charge >= 0.3 is 0 Å². The van der Waals surface area contributed by atoms with Crippen LogP contribution >= 0.6 is 0 Å². The molecule has 7 heteroatoms. The number of carbonyl (C=O) groups excluding carboxylic acids is 1. The number of aromatic nitrogens is 1. The molecular formula is C24H37N3O3S. The van der Waals surface area contributed by atoms with Crippen molar-refractivity contribution < 1.29 is 13.2 Å². The van der Waals surface area contributed by atoms with Crippen molar-refractivity contribution >= 4 is 15.9 Å². The summed E-state index contributed by atoms with van der Waals surface area (Å²) in [4.78, 5) is 15.4. The lowest BCUT2D eigenvalue weighted by molar-refractivity contribution is -0.132. The maximum atomic E-state index is 13.6. The zero-order chi connectivity index (χ0) is 23.5. The van der Waals surface area contributed by atoms with Crippen molar-refractivity contribution in [2.45, 2.75) is 65.9 Å². The van der Waals surface area contributed by atoms with Crippen LogP contribution in [0.1, 0.15) is 50.1 Å². The van der Waals surface area contributed by atoms with E-state index in [0.29, 0.717) is 29.1 Å². The van der Waals surface area contributed by atoms with Gasteiger partial charge < -0.3 is 9.47 Å². The van der Waals surface area contributed by atoms with Gasteiger partial charge in [0.25, 0.3) is 0 Å². The minimum Gasteiger partial charge on any atom is -0.353 e. The molecule has 1 aromatic carbocycles. The van der Waals surface area contributed by atoms with Crippen LogP contribution < -0.4 is 0 Å². The van der Waals surface area contributed by atoms with Crippen LogP contribution in [0.4, 0.5) is 0 Å². The fourth-order valence-corrected chi connectivity index (χ4v) is 6.02. The zero-order valence-corrected chi connectivity index (χ0v) is 21.0. The van der Waals surface area contributed by atoms with Gasteiger partial charge in [-0.15, -0.1) is 0 Å². The highest BCUT2D eigenvalue weighted by Gasteiger charge is 2.33. The molecule has 0 saturated heterocycles. The number of benzene rings is 1. The lowest BCUT2D eigenvalue weighted by Crippen LogP contribution is -2.46. The Morgan fingerprint density at radius 1 is 1.06 bits per heavy atom. The van der Waals surface area contributed by atoms with E-state index < -0.39 is 10.0 Å². The Bertz CT molecular complexity index is 999. The van der Waals surface area contributed by atoms with E-state index >= 15 is 0 Å². The normalized spacial score (nSPS) is 12.2. The van der Waals surface area contributed by atoms with Gasteiger partial charge in [0.05, 0.1) is 18.0 Å². The predicted octanol–water partition coefficient (Wildman–Crippen LogP) is 4.03. The first-order valence-corrected chi connectivity index (χ1v) is 12.3. The molecule has 31 heavy (non-hydrogen) atoms. The minimum absolute atomic E-state index is 0.177. The molecule has 6 nitrogen and oxygen atoms in total. The molecule has 0 bridgehead atoms. The molecule has 2 rings (SSSR count). The summed E-state index contributed by atoms with van der Waals surface area (Å²) >= 11 is 0. The van der Waals surface area contributed by atoms with Crippen LogP contribution in [0.5, 0.6) is 0 Å². The van der Waals surface area contributed by atoms with E-state index in [1.165, 1.54) is 4.31 Å². The van der Waals surface area contributed by atoms with Crippen molar-refractivity contribution in [2.24, 2.45) is 13.0 Å². The number of amides is 1. The van der Waals surface area contributed by atoms with Crippen LogP contribution in [0.15, 0.2) is 35.4 Å². The summed E-state index contributed by atoms with van der Waals surface area (Å²) in [6.45, 7) is 14.2. The lowest BCUT2D eigenvalue weighted by Gasteiger charge is -2.31. The van der Waals surface area contributed by atoms with Gasteiger partial charge in [0, 0.05) is 31.5 Å². The molecule has 1 heterocycles. The number of nitrogens with zero attached hydrogens (tertiary/aromatic N) is 3. The SMILES string of the molecule is Cc1cc(C)c(S(=O)(=O)N(CC(=O)N(Cc2cccn2C)CC(C)C)C(C)C)c(C)c1. The third kappa shape index (κ3) is 5.98. The number of hydrogen-bond donors (Lipinski definition) is 0. The first kappa shape index (κ1) is 25.1. The largest absolute Gasteiger partial charge is 0.353 e. The fraction of sp³-hybridized carbons (Fsp3) is 0.542. The summed E-state index contributed by atoms with van der Waals surface area (Å²) in [5.74, 6) is 0.0875. The van der Waals surface area contributed by atoms with E-state index in [1.54, 1.807) is 4.90 Å². The van der Waals surface area contributed by atoms with Crippen molar-refractivity contribution in [1.82, 2.24) is 13.8 Å². The van der Waals surface area contributed by atoms with Crippen LogP contribution in [-0.4, -0.2) is 47.2 Å². The van der Waals surface area contributed by atoms with Crippen molar-refractivity contribution in [3.63, 3.8) is 0 Å². The van der Waals surface area contributed by atoms with Crippen molar-refractivity contribution in [2.75, 3.05) is 13.1 Å². The molecule has 0 fully saturated rings. The molecule has 0 aliphatic heterocycles. The molecule has 0 aliphatic carbocycles. The van der Waals surface area contributed by atoms with Gasteiger partial charge in [0.1, 0.15) is 0 Å². The molecule has 0 spiro atoms. The molecule has 0 saturated carbocycles. The second-order valence-corrected chi connectivity index (χ2v) is 11.0. The Morgan fingerprint density at radius 3 is 2.10 bits per heavy atom. The Hall–Kier alpha value is -2.12. The van der Waals surface area contributed by atoms with Crippen LogP contribution in [0.25, 0.3) is 0 Å². The maximum absolute atomic E-state index is 13.6. The molecule has 0 radical (unpaired) electrons. The number of rotatable bonds is 9. The average Bonchev–Trinajstić information content (AvgIpc) is 3.01. The van der Waals surface area contributed by atoms with E-state index in [2.05, 4.69) is 13.8 Å². The smallest absolute Gasteiger partial charge is 0.244 e. The van der Waals surface area contributed by atoms with E-state index in [1.807, 2.05) is 76.7 Å². The Labute approximate surface area is 187 Å². The molecule has 0 unspecified atom stereocenters. The molecule has 0 aliphatic rings. The second kappa shape index (κ2) is 10.0. The van der Waals surface area contributed by atoms with Crippen molar-refractivity contribution in [3.8, 4) is 0 Å². The number of hydrogen-bond acceptors (Lipinski definition) is 3. The zero-order valence-electron chi connectivity index (χ0n) is 20.1. The predicted molar refractivity (Wildman–Crippen MR) is 125 cm³/mol. The van der Waals surface area contributed by atoms with Crippen LogP contribution in [0.2, 0.25) is 0 Å². The minimum atomic E-state index is -3.83. The van der Waals surface area contributed by atoms with Crippen LogP contribution in [-0.2, 0) is 28.4 Å². The molecule has 2 aromatic rings. The first-order chi connectivity index (χ1) is 14.3. The summed E-state index contributed by atoms with van der Waals surface area (Å²) in [6, 6.07) is 7.34. The molecule has 0 atom stereocenters. The number of aryl methyl sites for hydroxylation is 4. The highest BCUT2D eigenvalue weighted by atomic mass is 32.2. The summed E-state index contributed by atoms with van der Waals surface area (Å²) in [5, 5.41) is 0. The summed E-state index contributed by atoms with van der Waals surface area (Å²) in [7, 11) is -1.88. The quantitative estimate of drug-likeness (QED) is 0.583. The summed E-state index contributed by atoms with van der Waals surface area (Å²) < 4.78 is 30.6. The molecule has 1 amide bonds. The van der Waals surface area contributed by atoms with Gasteiger partial charge in [-0.1, -0.05) is 31.5 Å². The van der Waals surface area contributed by atoms with Gasteiger partial charge in [-0.2, -0.15) is 4.31 Å². The Morgan fingerprint density at radius 2 is 1.65 bits per heavy atom. The molecule has 172 valence electrons. The van der Waals surface area contributed by atoms with Crippen molar-refractivity contribution in [3.05, 3.63) is 52.8 Å². The maximum Gasteiger partial charge on any atom is 0.244 e. The average molecular weight is 448 g/mol. The van der Waals surface area contributed by atoms with Gasteiger partial charge in [0.2, 0.25) is 15.9 Å². The van der Waals surface area contributed by atoms with Gasteiger partial charge in [-0.3, -0.25) is 4.79 Å². The van der Waals surface area contributed by atoms with Crippen molar-refractivity contribution in [1.29, 1.82) is 0 Å². The number of sulfonamides is 1. The third-order valence-electron chi connectivity index (χ3n) is 5.38. The highest BCUT2D eigenvalue weighted by molar-refractivity contribution is 7.89. The Balaban J connectivity index is 2.38. The van der Waals surface area contributed by atoms with E-state index in [-0.39, 0.29) is 24.4 Å². The molecular weight excluding hydrogens is 410 g/mol. The highest BCUT2D eigenvalue weighted by Crippen LogP contribution is 2.27. The first-order valence-electron chi connectivity index (χ1n) is 10.8. The summed E-state index contributed by atoms with van der Waals surface area (Å²) in [6.07, 6.45) is 1.95. The molecule has 1 aromatic heterocycles. The van der Waals surface area contributed by atoms with E-state index in [0.717, 1.165) is 11.3 Å². The third-order valence-corrected chi connectivity index (χ3v) is 7.71. The van der Waals surface area contributed by atoms with E-state index in [9.17, 15) is 13.2 Å². The van der Waals surface area contributed by atoms with Gasteiger partial charge in [-0.25, -0.2) is 8.42 Å². The summed E-state index contributed by atoms with van der Waals surface area (Å²) in [5.41, 5.74) is 3.45. The standard InChI is InChI=1S/C24H37N3O3S/c1-17(2)14-26(15-22-10-9-11-25(22)8)23(28)16-27(18(3)4)31(29,30)24-20(6)12-19(5)13-21(24)7/h9-13,17-18H,14-16H2,1-8H3. The van der Waals surface area contributed by atoms with Gasteiger partial charge in [-0.05, 0) is 63.8 Å². The fourth-order valence-electron chi connectivity index (χ4n) is 4.02. The topological polar surface area (TPSA) is 62.6 Å².